The van der Waals surface area contributed by atoms with Crippen LogP contribution in [0.5, 0.6) is 0 Å². The van der Waals surface area contributed by atoms with Crippen molar-refractivity contribution < 1.29 is 0 Å². The van der Waals surface area contributed by atoms with Gasteiger partial charge in [-0.25, -0.2) is 4.98 Å². The first-order valence-corrected chi connectivity index (χ1v) is 5.32. The van der Waals surface area contributed by atoms with E-state index in [9.17, 15) is 0 Å². The molecule has 0 aliphatic carbocycles. The second-order valence-corrected chi connectivity index (χ2v) is 3.97. The highest BCUT2D eigenvalue weighted by atomic mass is 15.3. The van der Waals surface area contributed by atoms with Crippen molar-refractivity contribution >= 4 is 0 Å². The van der Waals surface area contributed by atoms with Gasteiger partial charge in [0.1, 0.15) is 12.2 Å². The number of nitrogens with zero attached hydrogens (tertiary/aromatic N) is 3. The van der Waals surface area contributed by atoms with E-state index in [4.69, 9.17) is 5.73 Å². The van der Waals surface area contributed by atoms with Gasteiger partial charge in [-0.1, -0.05) is 24.3 Å². The molecule has 1 atom stereocenters. The van der Waals surface area contributed by atoms with Crippen molar-refractivity contribution in [2.75, 3.05) is 0 Å². The lowest BCUT2D eigenvalue weighted by molar-refractivity contribution is 0.627. The highest BCUT2D eigenvalue weighted by molar-refractivity contribution is 5.28. The number of nitrogens with two attached hydrogens (primary N) is 1. The maximum absolute atomic E-state index is 6.17. The van der Waals surface area contributed by atoms with Gasteiger partial charge in [-0.15, -0.1) is 0 Å². The molecule has 1 heterocycles. The van der Waals surface area contributed by atoms with E-state index in [1.807, 2.05) is 19.2 Å². The van der Waals surface area contributed by atoms with Crippen molar-refractivity contribution in [2.45, 2.75) is 19.4 Å². The van der Waals surface area contributed by atoms with Crippen LogP contribution >= 0.6 is 0 Å². The molecule has 0 fully saturated rings. The van der Waals surface area contributed by atoms with Gasteiger partial charge in [-0.05, 0) is 18.1 Å². The molecule has 1 aromatic carbocycles. The summed E-state index contributed by atoms with van der Waals surface area (Å²) in [5, 5.41) is 4.04. The van der Waals surface area contributed by atoms with Crippen molar-refractivity contribution in [3.63, 3.8) is 0 Å². The number of hydrogen-bond donors (Lipinski definition) is 1. The zero-order valence-electron chi connectivity index (χ0n) is 9.59. The molecular weight excluding hydrogens is 200 g/mol. The molecule has 0 aliphatic rings. The van der Waals surface area contributed by atoms with E-state index >= 15 is 0 Å². The molecule has 0 spiro atoms. The van der Waals surface area contributed by atoms with Gasteiger partial charge in [0.15, 0.2) is 0 Å². The Morgan fingerprint density at radius 1 is 1.38 bits per heavy atom. The fraction of sp³-hybridized carbons (Fsp3) is 0.333. The lowest BCUT2D eigenvalue weighted by Crippen LogP contribution is -2.17. The van der Waals surface area contributed by atoms with E-state index in [0.717, 1.165) is 5.82 Å². The summed E-state index contributed by atoms with van der Waals surface area (Å²) in [6, 6.07) is 8.15. The first-order chi connectivity index (χ1) is 7.68. The Balaban J connectivity index is 2.18. The van der Waals surface area contributed by atoms with E-state index in [1.54, 1.807) is 11.0 Å². The van der Waals surface area contributed by atoms with Gasteiger partial charge < -0.3 is 5.73 Å². The van der Waals surface area contributed by atoms with E-state index in [1.165, 1.54) is 11.1 Å². The molecular formula is C12H16N4. The van der Waals surface area contributed by atoms with E-state index in [0.29, 0.717) is 6.42 Å². The van der Waals surface area contributed by atoms with Crippen LogP contribution in [0.4, 0.5) is 0 Å². The Morgan fingerprint density at radius 2 is 2.12 bits per heavy atom. The summed E-state index contributed by atoms with van der Waals surface area (Å²) in [4.78, 5) is 4.18. The molecule has 0 saturated heterocycles. The lowest BCUT2D eigenvalue weighted by Gasteiger charge is -2.13. The third-order valence-electron chi connectivity index (χ3n) is 2.80. The van der Waals surface area contributed by atoms with Crippen molar-refractivity contribution in [3.05, 3.63) is 47.5 Å². The number of aromatic nitrogens is 3. The monoisotopic (exact) mass is 216 g/mol. The van der Waals surface area contributed by atoms with Crippen LogP contribution < -0.4 is 5.73 Å². The van der Waals surface area contributed by atoms with E-state index in [-0.39, 0.29) is 6.04 Å². The summed E-state index contributed by atoms with van der Waals surface area (Å²) in [5.74, 6) is 0.913. The Hall–Kier alpha value is -1.68. The van der Waals surface area contributed by atoms with Crippen LogP contribution in [0.3, 0.4) is 0 Å². The lowest BCUT2D eigenvalue weighted by atomic mass is 9.99. The Labute approximate surface area is 95.1 Å². The van der Waals surface area contributed by atoms with Crippen LogP contribution in [0.1, 0.15) is 23.0 Å². The predicted octanol–water partition coefficient (Wildman–Crippen LogP) is 1.37. The van der Waals surface area contributed by atoms with Crippen LogP contribution in [0.2, 0.25) is 0 Å². The maximum Gasteiger partial charge on any atom is 0.138 e. The quantitative estimate of drug-likeness (QED) is 0.843. The Kier molecular flexibility index (Phi) is 3.01. The number of benzene rings is 1. The van der Waals surface area contributed by atoms with E-state index < -0.39 is 0 Å². The largest absolute Gasteiger partial charge is 0.324 e. The summed E-state index contributed by atoms with van der Waals surface area (Å²) in [5.41, 5.74) is 8.57. The van der Waals surface area contributed by atoms with E-state index in [2.05, 4.69) is 29.1 Å². The molecule has 4 nitrogen and oxygen atoms in total. The molecule has 1 unspecified atom stereocenters. The first kappa shape index (κ1) is 10.8. The zero-order chi connectivity index (χ0) is 11.5. The number of hydrogen-bond acceptors (Lipinski definition) is 3. The van der Waals surface area contributed by atoms with Gasteiger partial charge in [0, 0.05) is 19.5 Å². The molecule has 2 aromatic rings. The molecule has 0 aliphatic heterocycles. The minimum atomic E-state index is -0.0240. The minimum absolute atomic E-state index is 0.0240. The normalized spacial score (nSPS) is 12.7. The summed E-state index contributed by atoms with van der Waals surface area (Å²) in [7, 11) is 1.88. The van der Waals surface area contributed by atoms with Gasteiger partial charge in [0.05, 0.1) is 0 Å². The molecule has 0 radical (unpaired) electrons. The summed E-state index contributed by atoms with van der Waals surface area (Å²) in [6.07, 6.45) is 2.27. The number of rotatable bonds is 3. The summed E-state index contributed by atoms with van der Waals surface area (Å²) >= 11 is 0. The highest BCUT2D eigenvalue weighted by Crippen LogP contribution is 2.18. The molecule has 0 bridgehead atoms. The molecule has 2 N–H and O–H groups in total. The number of aryl methyl sites for hydroxylation is 2. The van der Waals surface area contributed by atoms with Gasteiger partial charge in [0.25, 0.3) is 0 Å². The second kappa shape index (κ2) is 4.45. The van der Waals surface area contributed by atoms with Gasteiger partial charge in [-0.2, -0.15) is 5.10 Å². The molecule has 16 heavy (non-hydrogen) atoms. The molecule has 0 saturated carbocycles. The first-order valence-electron chi connectivity index (χ1n) is 5.32. The fourth-order valence-electron chi connectivity index (χ4n) is 1.81. The average molecular weight is 216 g/mol. The fourth-order valence-corrected chi connectivity index (χ4v) is 1.81. The predicted molar refractivity (Wildman–Crippen MR) is 62.8 cm³/mol. The summed E-state index contributed by atoms with van der Waals surface area (Å²) < 4.78 is 1.76. The Bertz CT molecular complexity index is 475. The van der Waals surface area contributed by atoms with Crippen molar-refractivity contribution in [1.82, 2.24) is 14.8 Å². The Morgan fingerprint density at radius 3 is 2.75 bits per heavy atom. The third kappa shape index (κ3) is 2.12. The van der Waals surface area contributed by atoms with Crippen molar-refractivity contribution in [2.24, 2.45) is 12.8 Å². The summed E-state index contributed by atoms with van der Waals surface area (Å²) in [6.45, 7) is 2.08. The smallest absolute Gasteiger partial charge is 0.138 e. The highest BCUT2D eigenvalue weighted by Gasteiger charge is 2.12. The maximum atomic E-state index is 6.17. The van der Waals surface area contributed by atoms with Crippen LogP contribution in [0.15, 0.2) is 30.6 Å². The molecule has 4 heteroatoms. The third-order valence-corrected chi connectivity index (χ3v) is 2.80. The van der Waals surface area contributed by atoms with Gasteiger partial charge in [0.2, 0.25) is 0 Å². The second-order valence-electron chi connectivity index (χ2n) is 3.97. The molecule has 2 rings (SSSR count). The SMILES string of the molecule is Cc1ccccc1C(N)Cc1ncnn1C. The molecule has 84 valence electrons. The minimum Gasteiger partial charge on any atom is -0.324 e. The van der Waals surface area contributed by atoms with Crippen LogP contribution in [0, 0.1) is 6.92 Å². The standard InChI is InChI=1S/C12H16N4/c1-9-5-3-4-6-10(9)11(13)7-12-14-8-15-16(12)2/h3-6,8,11H,7,13H2,1-2H3. The topological polar surface area (TPSA) is 56.7 Å². The zero-order valence-corrected chi connectivity index (χ0v) is 9.59. The molecule has 1 aromatic heterocycles. The van der Waals surface area contributed by atoms with Crippen LogP contribution in [-0.4, -0.2) is 14.8 Å². The van der Waals surface area contributed by atoms with Gasteiger partial charge in [-0.3, -0.25) is 4.68 Å². The van der Waals surface area contributed by atoms with Crippen molar-refractivity contribution in [3.8, 4) is 0 Å². The average Bonchev–Trinajstić information content (AvgIpc) is 2.65. The molecule has 0 amide bonds. The van der Waals surface area contributed by atoms with Crippen LogP contribution in [-0.2, 0) is 13.5 Å². The van der Waals surface area contributed by atoms with Crippen LogP contribution in [0.25, 0.3) is 0 Å². The van der Waals surface area contributed by atoms with Crippen molar-refractivity contribution in [1.29, 1.82) is 0 Å². The van der Waals surface area contributed by atoms with Gasteiger partial charge >= 0.3 is 0 Å².